The number of hydrogen-bond donors (Lipinski definition) is 4. The highest BCUT2D eigenvalue weighted by molar-refractivity contribution is 5.96. The molecule has 162 valence electrons. The Morgan fingerprint density at radius 1 is 1.03 bits per heavy atom. The van der Waals surface area contributed by atoms with Crippen LogP contribution in [-0.4, -0.2) is 35.6 Å². The van der Waals surface area contributed by atoms with E-state index in [0.717, 1.165) is 31.2 Å². The Balaban J connectivity index is 1.42. The van der Waals surface area contributed by atoms with Gasteiger partial charge in [-0.3, -0.25) is 10.1 Å². The summed E-state index contributed by atoms with van der Waals surface area (Å²) in [5.74, 6) is -0.249. The van der Waals surface area contributed by atoms with Crippen LogP contribution in [0.4, 0.5) is 4.79 Å². The molecule has 6 heteroatoms. The number of H-pyrrole nitrogens is 1. The molecule has 0 bridgehead atoms. The van der Waals surface area contributed by atoms with Gasteiger partial charge in [0.1, 0.15) is 0 Å². The smallest absolute Gasteiger partial charge is 0.321 e. The largest absolute Gasteiger partial charge is 0.361 e. The number of aromatic amines is 1. The zero-order chi connectivity index (χ0) is 21.6. The minimum atomic E-state index is -0.495. The minimum Gasteiger partial charge on any atom is -0.361 e. The van der Waals surface area contributed by atoms with Gasteiger partial charge in [0.25, 0.3) is 0 Å². The molecule has 1 fully saturated rings. The van der Waals surface area contributed by atoms with Crippen molar-refractivity contribution in [2.24, 2.45) is 0 Å². The summed E-state index contributed by atoms with van der Waals surface area (Å²) in [6.45, 7) is 2.36. The van der Waals surface area contributed by atoms with Crippen LogP contribution in [-0.2, 0) is 4.79 Å². The van der Waals surface area contributed by atoms with Crippen molar-refractivity contribution >= 4 is 22.8 Å². The van der Waals surface area contributed by atoms with E-state index in [0.29, 0.717) is 6.54 Å². The maximum absolute atomic E-state index is 12.5. The Morgan fingerprint density at radius 2 is 1.74 bits per heavy atom. The van der Waals surface area contributed by atoms with E-state index in [1.54, 1.807) is 6.92 Å². The van der Waals surface area contributed by atoms with Crippen molar-refractivity contribution in [2.75, 3.05) is 6.54 Å². The molecule has 0 saturated heterocycles. The Morgan fingerprint density at radius 3 is 2.52 bits per heavy atom. The molecule has 1 aliphatic carbocycles. The van der Waals surface area contributed by atoms with Crippen LogP contribution in [0.1, 0.15) is 49.7 Å². The first-order valence-corrected chi connectivity index (χ1v) is 11.1. The third-order valence-corrected chi connectivity index (χ3v) is 6.15. The van der Waals surface area contributed by atoms with E-state index >= 15 is 0 Å². The number of benzene rings is 2. The standard InChI is InChI=1S/C25H30N4O2/c1-17(24(30)29-25(31)28-19-11-5-6-12-19)26-15-21(18-9-3-2-4-10-18)22-16-27-23-14-8-7-13-20(22)23/h2-4,7-10,13-14,16-17,19,21,26-27H,5-6,11-12,15H2,1H3,(H2,28,29,30,31)/t17-,21+/m1/s1. The van der Waals surface area contributed by atoms with Gasteiger partial charge in [-0.15, -0.1) is 0 Å². The maximum atomic E-state index is 12.5. The predicted octanol–water partition coefficient (Wildman–Crippen LogP) is 4.05. The summed E-state index contributed by atoms with van der Waals surface area (Å²) in [5.41, 5.74) is 3.44. The SMILES string of the molecule is C[C@@H](NC[C@@H](c1ccccc1)c1c[nH]c2ccccc12)C(=O)NC(=O)NC1CCCC1. The Hall–Kier alpha value is -3.12. The van der Waals surface area contributed by atoms with E-state index in [2.05, 4.69) is 45.2 Å². The van der Waals surface area contributed by atoms with E-state index in [1.165, 1.54) is 16.5 Å². The number of imide groups is 1. The first kappa shape index (κ1) is 21.1. The second-order valence-electron chi connectivity index (χ2n) is 8.33. The van der Waals surface area contributed by atoms with E-state index in [1.807, 2.05) is 36.5 Å². The number of carbonyl (C=O) groups excluding carboxylic acids is 2. The number of fused-ring (bicyclic) bond motifs is 1. The highest BCUT2D eigenvalue weighted by Crippen LogP contribution is 2.30. The number of hydrogen-bond acceptors (Lipinski definition) is 3. The first-order valence-electron chi connectivity index (χ1n) is 11.1. The van der Waals surface area contributed by atoms with Crippen molar-refractivity contribution in [1.29, 1.82) is 0 Å². The summed E-state index contributed by atoms with van der Waals surface area (Å²) < 4.78 is 0. The summed E-state index contributed by atoms with van der Waals surface area (Å²) in [4.78, 5) is 28.0. The number of urea groups is 1. The second-order valence-corrected chi connectivity index (χ2v) is 8.33. The molecule has 2 atom stereocenters. The molecule has 6 nitrogen and oxygen atoms in total. The average Bonchev–Trinajstić information content (AvgIpc) is 3.44. The third kappa shape index (κ3) is 5.14. The molecule has 4 N–H and O–H groups in total. The zero-order valence-corrected chi connectivity index (χ0v) is 17.9. The van der Waals surface area contributed by atoms with Crippen molar-refractivity contribution in [1.82, 2.24) is 20.9 Å². The van der Waals surface area contributed by atoms with Gasteiger partial charge < -0.3 is 15.6 Å². The van der Waals surface area contributed by atoms with E-state index in [9.17, 15) is 9.59 Å². The monoisotopic (exact) mass is 418 g/mol. The zero-order valence-electron chi connectivity index (χ0n) is 17.9. The van der Waals surface area contributed by atoms with E-state index < -0.39 is 12.1 Å². The fourth-order valence-electron chi connectivity index (χ4n) is 4.37. The van der Waals surface area contributed by atoms with E-state index in [-0.39, 0.29) is 17.9 Å². The predicted molar refractivity (Wildman–Crippen MR) is 123 cm³/mol. The van der Waals surface area contributed by atoms with Crippen LogP contribution in [0.2, 0.25) is 0 Å². The van der Waals surface area contributed by atoms with Crippen molar-refractivity contribution in [2.45, 2.75) is 50.6 Å². The first-order chi connectivity index (χ1) is 15.1. The number of carbonyl (C=O) groups is 2. The molecule has 1 heterocycles. The number of amides is 3. The number of nitrogens with one attached hydrogen (secondary N) is 4. The van der Waals surface area contributed by atoms with Crippen molar-refractivity contribution < 1.29 is 9.59 Å². The molecule has 31 heavy (non-hydrogen) atoms. The van der Waals surface area contributed by atoms with Crippen molar-refractivity contribution in [3.05, 3.63) is 71.9 Å². The van der Waals surface area contributed by atoms with Gasteiger partial charge >= 0.3 is 6.03 Å². The van der Waals surface area contributed by atoms with Crippen LogP contribution in [0.15, 0.2) is 60.8 Å². The van der Waals surface area contributed by atoms with Crippen LogP contribution >= 0.6 is 0 Å². The molecule has 0 spiro atoms. The fraction of sp³-hybridized carbons (Fsp3) is 0.360. The lowest BCUT2D eigenvalue weighted by molar-refractivity contribution is -0.121. The Labute approximate surface area is 182 Å². The van der Waals surface area contributed by atoms with Gasteiger partial charge in [0.15, 0.2) is 0 Å². The molecule has 1 aromatic heterocycles. The molecule has 2 aromatic carbocycles. The van der Waals surface area contributed by atoms with Gasteiger partial charge in [-0.05, 0) is 37.0 Å². The summed E-state index contributed by atoms with van der Waals surface area (Å²) in [7, 11) is 0. The van der Waals surface area contributed by atoms with Gasteiger partial charge in [0, 0.05) is 35.6 Å². The van der Waals surface area contributed by atoms with Crippen molar-refractivity contribution in [3.8, 4) is 0 Å². The van der Waals surface area contributed by atoms with Gasteiger partial charge in [-0.1, -0.05) is 61.4 Å². The highest BCUT2D eigenvalue weighted by atomic mass is 16.2. The molecule has 1 saturated carbocycles. The summed E-state index contributed by atoms with van der Waals surface area (Å²) in [6.07, 6.45) is 6.28. The lowest BCUT2D eigenvalue weighted by atomic mass is 9.90. The maximum Gasteiger partial charge on any atom is 0.321 e. The molecule has 1 aliphatic rings. The van der Waals surface area contributed by atoms with Crippen LogP contribution in [0, 0.1) is 0 Å². The topological polar surface area (TPSA) is 86.0 Å². The number of para-hydroxylation sites is 1. The van der Waals surface area contributed by atoms with Crippen LogP contribution < -0.4 is 16.0 Å². The fourth-order valence-corrected chi connectivity index (χ4v) is 4.37. The Bertz CT molecular complexity index is 1020. The molecule has 4 rings (SSSR count). The lowest BCUT2D eigenvalue weighted by Crippen LogP contribution is -2.50. The minimum absolute atomic E-state index is 0.0694. The van der Waals surface area contributed by atoms with Crippen LogP contribution in [0.25, 0.3) is 10.9 Å². The molecular formula is C25H30N4O2. The van der Waals surface area contributed by atoms with E-state index in [4.69, 9.17) is 0 Å². The summed E-state index contributed by atoms with van der Waals surface area (Å²) in [5, 5.41) is 9.87. The molecule has 0 radical (unpaired) electrons. The average molecular weight is 419 g/mol. The molecule has 0 unspecified atom stereocenters. The highest BCUT2D eigenvalue weighted by Gasteiger charge is 2.23. The molecule has 0 aliphatic heterocycles. The van der Waals surface area contributed by atoms with Gasteiger partial charge in [-0.25, -0.2) is 4.79 Å². The quantitative estimate of drug-likeness (QED) is 0.467. The number of rotatable bonds is 7. The molecule has 3 amide bonds. The molecule has 3 aromatic rings. The van der Waals surface area contributed by atoms with Crippen LogP contribution in [0.5, 0.6) is 0 Å². The van der Waals surface area contributed by atoms with Crippen LogP contribution in [0.3, 0.4) is 0 Å². The number of aromatic nitrogens is 1. The summed E-state index contributed by atoms with van der Waals surface area (Å²) >= 11 is 0. The van der Waals surface area contributed by atoms with Gasteiger partial charge in [0.05, 0.1) is 6.04 Å². The lowest BCUT2D eigenvalue weighted by Gasteiger charge is -2.21. The van der Waals surface area contributed by atoms with Gasteiger partial charge in [-0.2, -0.15) is 0 Å². The third-order valence-electron chi connectivity index (χ3n) is 6.15. The second kappa shape index (κ2) is 9.79. The normalized spacial score (nSPS) is 16.2. The molecular weight excluding hydrogens is 388 g/mol. The van der Waals surface area contributed by atoms with Gasteiger partial charge in [0.2, 0.25) is 5.91 Å². The Kier molecular flexibility index (Phi) is 6.67. The summed E-state index contributed by atoms with van der Waals surface area (Å²) in [6, 6.07) is 17.8. The van der Waals surface area contributed by atoms with Crippen molar-refractivity contribution in [3.63, 3.8) is 0 Å².